The lowest BCUT2D eigenvalue weighted by molar-refractivity contribution is -0.134. The Morgan fingerprint density at radius 1 is 1.00 bits per heavy atom. The molecule has 0 radical (unpaired) electrons. The average molecular weight is 331 g/mol. The highest BCUT2D eigenvalue weighted by Gasteiger charge is 2.17. The number of hydrogen-bond donors (Lipinski definition) is 4. The van der Waals surface area contributed by atoms with Gasteiger partial charge in [0.05, 0.1) is 5.56 Å². The number of primary amides is 1. The van der Waals surface area contributed by atoms with Gasteiger partial charge in [-0.3, -0.25) is 9.59 Å². The third-order valence-corrected chi connectivity index (χ3v) is 3.36. The van der Waals surface area contributed by atoms with Crippen molar-refractivity contribution in [1.29, 1.82) is 0 Å². The van der Waals surface area contributed by atoms with Crippen molar-refractivity contribution in [3.8, 4) is 23.0 Å². The fourth-order valence-electron chi connectivity index (χ4n) is 2.15. The lowest BCUT2D eigenvalue weighted by atomic mass is 10.1. The first-order valence-electron chi connectivity index (χ1n) is 7.22. The molecule has 0 aliphatic heterocycles. The lowest BCUT2D eigenvalue weighted by Gasteiger charge is -2.09. The summed E-state index contributed by atoms with van der Waals surface area (Å²) in [7, 11) is 0. The van der Waals surface area contributed by atoms with Gasteiger partial charge in [0.25, 0.3) is 5.91 Å². The van der Waals surface area contributed by atoms with Gasteiger partial charge < -0.3 is 25.8 Å². The minimum atomic E-state index is -0.812. The number of phenols is 3. The van der Waals surface area contributed by atoms with Gasteiger partial charge in [0.2, 0.25) is 0 Å². The molecule has 0 atom stereocenters. The minimum absolute atomic E-state index is 0.0359. The van der Waals surface area contributed by atoms with Crippen LogP contribution in [0.1, 0.15) is 28.8 Å². The van der Waals surface area contributed by atoms with Gasteiger partial charge in [0.1, 0.15) is 0 Å². The summed E-state index contributed by atoms with van der Waals surface area (Å²) in [6, 6.07) is 8.47. The molecule has 0 aliphatic carbocycles. The molecule has 7 nitrogen and oxygen atoms in total. The first-order valence-corrected chi connectivity index (χ1v) is 7.22. The molecule has 2 aromatic carbocycles. The van der Waals surface area contributed by atoms with Crippen LogP contribution in [0.2, 0.25) is 0 Å². The van der Waals surface area contributed by atoms with Gasteiger partial charge in [-0.1, -0.05) is 12.1 Å². The molecule has 24 heavy (non-hydrogen) atoms. The molecule has 2 aromatic rings. The van der Waals surface area contributed by atoms with E-state index < -0.39 is 11.9 Å². The number of carbonyl (C=O) groups is 2. The third kappa shape index (κ3) is 4.16. The van der Waals surface area contributed by atoms with Crippen molar-refractivity contribution in [3.05, 3.63) is 47.5 Å². The van der Waals surface area contributed by atoms with Crippen LogP contribution in [0.15, 0.2) is 36.4 Å². The number of esters is 1. The summed E-state index contributed by atoms with van der Waals surface area (Å²) in [5.41, 5.74) is 5.85. The average Bonchev–Trinajstić information content (AvgIpc) is 2.52. The van der Waals surface area contributed by atoms with Gasteiger partial charge in [-0.15, -0.1) is 0 Å². The molecular formula is C17H17NO6. The number of nitrogens with two attached hydrogens (primary N) is 1. The van der Waals surface area contributed by atoms with E-state index in [0.29, 0.717) is 12.8 Å². The Labute approximate surface area is 137 Å². The summed E-state index contributed by atoms with van der Waals surface area (Å²) in [4.78, 5) is 23.2. The molecule has 7 heteroatoms. The van der Waals surface area contributed by atoms with E-state index in [9.17, 15) is 24.9 Å². The molecule has 0 heterocycles. The standard InChI is InChI=1S/C17H17NO6/c18-17(23)11-4-2-5-13(20)16(11)24-15(22)6-1-3-10-7-8-12(19)14(21)9-10/h2,4-5,7-9,19-21H,1,3,6H2,(H2,18,23). The van der Waals surface area contributed by atoms with Crippen LogP contribution in [0.3, 0.4) is 0 Å². The summed E-state index contributed by atoms with van der Waals surface area (Å²) in [6.07, 6.45) is 0.934. The number of aromatic hydroxyl groups is 3. The zero-order chi connectivity index (χ0) is 17.7. The maximum Gasteiger partial charge on any atom is 0.311 e. The zero-order valence-electron chi connectivity index (χ0n) is 12.7. The van der Waals surface area contributed by atoms with Crippen molar-refractivity contribution in [2.75, 3.05) is 0 Å². The van der Waals surface area contributed by atoms with Crippen molar-refractivity contribution in [2.24, 2.45) is 5.73 Å². The number of benzene rings is 2. The van der Waals surface area contributed by atoms with Gasteiger partial charge in [0, 0.05) is 6.42 Å². The fraction of sp³-hybridized carbons (Fsp3) is 0.176. The van der Waals surface area contributed by atoms with Gasteiger partial charge >= 0.3 is 5.97 Å². The lowest BCUT2D eigenvalue weighted by Crippen LogP contribution is -2.16. The molecule has 1 amide bonds. The van der Waals surface area contributed by atoms with E-state index in [1.54, 1.807) is 6.07 Å². The van der Waals surface area contributed by atoms with Gasteiger partial charge in [0.15, 0.2) is 23.0 Å². The third-order valence-electron chi connectivity index (χ3n) is 3.36. The largest absolute Gasteiger partial charge is 0.504 e. The second kappa shape index (κ2) is 7.36. The Balaban J connectivity index is 1.94. The monoisotopic (exact) mass is 331 g/mol. The molecule has 0 spiro atoms. The quantitative estimate of drug-likeness (QED) is 0.363. The highest BCUT2D eigenvalue weighted by Crippen LogP contribution is 2.30. The van der Waals surface area contributed by atoms with Crippen LogP contribution in [0.5, 0.6) is 23.0 Å². The predicted molar refractivity (Wildman–Crippen MR) is 85.0 cm³/mol. The highest BCUT2D eigenvalue weighted by molar-refractivity contribution is 5.97. The van der Waals surface area contributed by atoms with Gasteiger partial charge in [-0.25, -0.2) is 0 Å². The van der Waals surface area contributed by atoms with E-state index in [1.807, 2.05) is 0 Å². The predicted octanol–water partition coefficient (Wildman–Crippen LogP) is 1.83. The van der Waals surface area contributed by atoms with Crippen molar-refractivity contribution in [1.82, 2.24) is 0 Å². The van der Waals surface area contributed by atoms with E-state index in [1.165, 1.54) is 30.3 Å². The van der Waals surface area contributed by atoms with Crippen molar-refractivity contribution >= 4 is 11.9 Å². The second-order valence-corrected chi connectivity index (χ2v) is 5.17. The Morgan fingerprint density at radius 3 is 2.42 bits per heavy atom. The number of phenolic OH excluding ortho intramolecular Hbond substituents is 3. The molecule has 0 bridgehead atoms. The van der Waals surface area contributed by atoms with Crippen LogP contribution in [-0.2, 0) is 11.2 Å². The Kier molecular flexibility index (Phi) is 5.26. The van der Waals surface area contributed by atoms with E-state index >= 15 is 0 Å². The Hall–Kier alpha value is -3.22. The minimum Gasteiger partial charge on any atom is -0.504 e. The number of rotatable bonds is 6. The summed E-state index contributed by atoms with van der Waals surface area (Å²) >= 11 is 0. The molecule has 0 aliphatic rings. The van der Waals surface area contributed by atoms with Crippen LogP contribution in [0, 0.1) is 0 Å². The smallest absolute Gasteiger partial charge is 0.311 e. The summed E-state index contributed by atoms with van der Waals surface area (Å²) in [6.45, 7) is 0. The number of amides is 1. The van der Waals surface area contributed by atoms with Crippen LogP contribution in [-0.4, -0.2) is 27.2 Å². The van der Waals surface area contributed by atoms with E-state index in [4.69, 9.17) is 10.5 Å². The van der Waals surface area contributed by atoms with Crippen LogP contribution < -0.4 is 10.5 Å². The number of hydrogen-bond acceptors (Lipinski definition) is 6. The number of ether oxygens (including phenoxy) is 1. The normalized spacial score (nSPS) is 10.3. The zero-order valence-corrected chi connectivity index (χ0v) is 12.7. The number of para-hydroxylation sites is 1. The van der Waals surface area contributed by atoms with Crippen molar-refractivity contribution in [2.45, 2.75) is 19.3 Å². The SMILES string of the molecule is NC(=O)c1cccc(O)c1OC(=O)CCCc1ccc(O)c(O)c1. The first-order chi connectivity index (χ1) is 11.4. The molecule has 2 rings (SSSR count). The summed E-state index contributed by atoms with van der Waals surface area (Å²) in [5, 5.41) is 28.3. The van der Waals surface area contributed by atoms with Crippen LogP contribution >= 0.6 is 0 Å². The fourth-order valence-corrected chi connectivity index (χ4v) is 2.15. The van der Waals surface area contributed by atoms with Gasteiger partial charge in [-0.2, -0.15) is 0 Å². The Morgan fingerprint density at radius 2 is 1.75 bits per heavy atom. The molecule has 0 fully saturated rings. The van der Waals surface area contributed by atoms with Crippen molar-refractivity contribution < 1.29 is 29.6 Å². The van der Waals surface area contributed by atoms with E-state index in [0.717, 1.165) is 5.56 Å². The highest BCUT2D eigenvalue weighted by atomic mass is 16.5. The topological polar surface area (TPSA) is 130 Å². The molecule has 0 saturated carbocycles. The molecule has 0 unspecified atom stereocenters. The van der Waals surface area contributed by atoms with Crippen LogP contribution in [0.4, 0.5) is 0 Å². The summed E-state index contributed by atoms with van der Waals surface area (Å²) < 4.78 is 5.04. The maximum absolute atomic E-state index is 11.9. The molecule has 0 aromatic heterocycles. The molecule has 126 valence electrons. The van der Waals surface area contributed by atoms with Crippen LogP contribution in [0.25, 0.3) is 0 Å². The Bertz CT molecular complexity index is 772. The summed E-state index contributed by atoms with van der Waals surface area (Å²) in [5.74, 6) is -2.47. The molecule has 5 N–H and O–H groups in total. The molecular weight excluding hydrogens is 314 g/mol. The van der Waals surface area contributed by atoms with Gasteiger partial charge in [-0.05, 0) is 42.7 Å². The second-order valence-electron chi connectivity index (χ2n) is 5.17. The first kappa shape index (κ1) is 17.1. The van der Waals surface area contributed by atoms with E-state index in [-0.39, 0.29) is 35.0 Å². The number of carbonyl (C=O) groups excluding carboxylic acids is 2. The molecule has 0 saturated heterocycles. The van der Waals surface area contributed by atoms with Crippen molar-refractivity contribution in [3.63, 3.8) is 0 Å². The van der Waals surface area contributed by atoms with E-state index in [2.05, 4.69) is 0 Å². The number of aryl methyl sites for hydroxylation is 1. The maximum atomic E-state index is 11.9.